The normalized spacial score (nSPS) is 12.3. The molecule has 2 aromatic carbocycles. The molecule has 1 amide bonds. The minimum absolute atomic E-state index is 0.102. The Kier molecular flexibility index (Phi) is 12.7. The Labute approximate surface area is 236 Å². The summed E-state index contributed by atoms with van der Waals surface area (Å²) >= 11 is 0. The van der Waals surface area contributed by atoms with Crippen LogP contribution in [-0.2, 0) is 11.3 Å². The number of hydrogen-bond acceptors (Lipinski definition) is 4. The first-order valence-corrected chi connectivity index (χ1v) is 15.2. The van der Waals surface area contributed by atoms with Crippen LogP contribution in [0.1, 0.15) is 139 Å². The first kappa shape index (κ1) is 30.5. The monoisotopic (exact) mass is 531 g/mol. The molecular weight excluding hydrogens is 482 g/mol. The van der Waals surface area contributed by atoms with Crippen molar-refractivity contribution < 1.29 is 4.79 Å². The fourth-order valence-electron chi connectivity index (χ4n) is 5.28. The van der Waals surface area contributed by atoms with Crippen LogP contribution in [-0.4, -0.2) is 26.1 Å². The number of aryl methyl sites for hydroxylation is 1. The minimum atomic E-state index is -0.593. The maximum absolute atomic E-state index is 14.0. The second-order valence-corrected chi connectivity index (χ2v) is 11.4. The molecular formula is C33H49N5O. The summed E-state index contributed by atoms with van der Waals surface area (Å²) in [6.45, 7) is 11.6. The van der Waals surface area contributed by atoms with Crippen molar-refractivity contribution in [1.29, 1.82) is 0 Å². The van der Waals surface area contributed by atoms with E-state index in [1.54, 1.807) is 0 Å². The first-order valence-electron chi connectivity index (χ1n) is 15.2. The lowest BCUT2D eigenvalue weighted by molar-refractivity contribution is -0.117. The average molecular weight is 532 g/mol. The van der Waals surface area contributed by atoms with Crippen LogP contribution in [0.25, 0.3) is 0 Å². The molecule has 0 aliphatic rings. The number of benzene rings is 2. The highest BCUT2D eigenvalue weighted by Gasteiger charge is 2.30. The van der Waals surface area contributed by atoms with Gasteiger partial charge < -0.3 is 5.32 Å². The van der Waals surface area contributed by atoms with E-state index in [1.807, 2.05) is 35.0 Å². The van der Waals surface area contributed by atoms with Gasteiger partial charge in [-0.1, -0.05) is 141 Å². The summed E-state index contributed by atoms with van der Waals surface area (Å²) in [7, 11) is 0. The Bertz CT molecular complexity index is 1100. The van der Waals surface area contributed by atoms with Gasteiger partial charge in [-0.3, -0.25) is 4.79 Å². The molecule has 1 aromatic heterocycles. The zero-order valence-corrected chi connectivity index (χ0v) is 24.8. The van der Waals surface area contributed by atoms with Crippen molar-refractivity contribution in [1.82, 2.24) is 20.2 Å². The van der Waals surface area contributed by atoms with Crippen molar-refractivity contribution in [2.45, 2.75) is 123 Å². The van der Waals surface area contributed by atoms with E-state index >= 15 is 0 Å². The Morgan fingerprint density at radius 2 is 1.33 bits per heavy atom. The standard InChI is InChI=1S/C33H49N5O/c1-6-7-8-9-10-11-12-13-14-18-24-38-32(35-36-37-38)30(27-20-16-15-17-21-27)33(39)34-31-28(25(2)3)22-19-23-29(31)26(4)5/h15-17,19-23,25-26,30H,6-14,18,24H2,1-5H3,(H,34,39). The summed E-state index contributed by atoms with van der Waals surface area (Å²) in [5.74, 6) is 0.481. The molecule has 0 radical (unpaired) electrons. The van der Waals surface area contributed by atoms with E-state index in [0.29, 0.717) is 5.82 Å². The number of unbranched alkanes of at least 4 members (excludes halogenated alkanes) is 9. The quantitative estimate of drug-likeness (QED) is 0.177. The van der Waals surface area contributed by atoms with Crippen molar-refractivity contribution in [3.8, 4) is 0 Å². The molecule has 1 N–H and O–H groups in total. The first-order chi connectivity index (χ1) is 18.9. The third-order valence-electron chi connectivity index (χ3n) is 7.56. The number of tetrazole rings is 1. The lowest BCUT2D eigenvalue weighted by Crippen LogP contribution is -2.27. The third-order valence-corrected chi connectivity index (χ3v) is 7.56. The molecule has 0 saturated heterocycles. The van der Waals surface area contributed by atoms with Crippen molar-refractivity contribution >= 4 is 11.6 Å². The number of nitrogens with zero attached hydrogens (tertiary/aromatic N) is 4. The van der Waals surface area contributed by atoms with Gasteiger partial charge in [0.25, 0.3) is 0 Å². The Morgan fingerprint density at radius 3 is 1.90 bits per heavy atom. The predicted octanol–water partition coefficient (Wildman–Crippen LogP) is 8.61. The topological polar surface area (TPSA) is 72.7 Å². The predicted molar refractivity (Wildman–Crippen MR) is 161 cm³/mol. The van der Waals surface area contributed by atoms with E-state index in [-0.39, 0.29) is 17.7 Å². The van der Waals surface area contributed by atoms with Crippen molar-refractivity contribution in [2.24, 2.45) is 0 Å². The number of aromatic nitrogens is 4. The number of carbonyl (C=O) groups excluding carboxylic acids is 1. The van der Waals surface area contributed by atoms with Gasteiger partial charge >= 0.3 is 0 Å². The van der Waals surface area contributed by atoms with Crippen molar-refractivity contribution in [3.05, 3.63) is 71.0 Å². The fraction of sp³-hybridized carbons (Fsp3) is 0.576. The average Bonchev–Trinajstić information content (AvgIpc) is 3.38. The molecule has 1 atom stereocenters. The Balaban J connectivity index is 1.72. The van der Waals surface area contributed by atoms with Crippen LogP contribution in [0.2, 0.25) is 0 Å². The molecule has 1 unspecified atom stereocenters. The zero-order chi connectivity index (χ0) is 28.0. The molecule has 39 heavy (non-hydrogen) atoms. The van der Waals surface area contributed by atoms with Gasteiger partial charge in [0.1, 0.15) is 5.92 Å². The van der Waals surface area contributed by atoms with Crippen LogP contribution >= 0.6 is 0 Å². The summed E-state index contributed by atoms with van der Waals surface area (Å²) in [4.78, 5) is 14.0. The number of hydrogen-bond donors (Lipinski definition) is 1. The smallest absolute Gasteiger partial charge is 0.239 e. The van der Waals surface area contributed by atoms with E-state index in [0.717, 1.165) is 41.8 Å². The van der Waals surface area contributed by atoms with Gasteiger partial charge in [-0.15, -0.1) is 5.10 Å². The van der Waals surface area contributed by atoms with Crippen LogP contribution in [0.4, 0.5) is 5.69 Å². The van der Waals surface area contributed by atoms with Crippen LogP contribution in [0, 0.1) is 0 Å². The number of amides is 1. The van der Waals surface area contributed by atoms with E-state index < -0.39 is 5.92 Å². The van der Waals surface area contributed by atoms with Crippen molar-refractivity contribution in [3.63, 3.8) is 0 Å². The van der Waals surface area contributed by atoms with Crippen LogP contribution in [0.3, 0.4) is 0 Å². The van der Waals surface area contributed by atoms with E-state index in [4.69, 9.17) is 0 Å². The van der Waals surface area contributed by atoms with Gasteiger partial charge in [-0.2, -0.15) is 0 Å². The van der Waals surface area contributed by atoms with Crippen LogP contribution in [0.5, 0.6) is 0 Å². The summed E-state index contributed by atoms with van der Waals surface area (Å²) in [5.41, 5.74) is 4.10. The minimum Gasteiger partial charge on any atom is -0.325 e. The second-order valence-electron chi connectivity index (χ2n) is 11.4. The highest BCUT2D eigenvalue weighted by Crippen LogP contribution is 2.34. The number of nitrogens with one attached hydrogen (secondary N) is 1. The summed E-state index contributed by atoms with van der Waals surface area (Å²) in [5, 5.41) is 16.0. The molecule has 0 spiro atoms. The highest BCUT2D eigenvalue weighted by molar-refractivity contribution is 5.99. The van der Waals surface area contributed by atoms with E-state index in [9.17, 15) is 4.79 Å². The molecule has 1 heterocycles. The van der Waals surface area contributed by atoms with Gasteiger partial charge in [0, 0.05) is 12.2 Å². The highest BCUT2D eigenvalue weighted by atomic mass is 16.2. The van der Waals surface area contributed by atoms with E-state index in [1.165, 1.54) is 51.4 Å². The zero-order valence-electron chi connectivity index (χ0n) is 24.8. The maximum atomic E-state index is 14.0. The Morgan fingerprint density at radius 1 is 0.769 bits per heavy atom. The number of rotatable bonds is 17. The summed E-state index contributed by atoms with van der Waals surface area (Å²) in [6, 6.07) is 16.2. The molecule has 0 aliphatic heterocycles. The van der Waals surface area contributed by atoms with Gasteiger partial charge in [0.15, 0.2) is 5.82 Å². The lowest BCUT2D eigenvalue weighted by Gasteiger charge is -2.23. The molecule has 212 valence electrons. The van der Waals surface area contributed by atoms with Gasteiger partial charge in [0.2, 0.25) is 5.91 Å². The Hall–Kier alpha value is -3.02. The molecule has 0 bridgehead atoms. The van der Waals surface area contributed by atoms with Crippen LogP contribution < -0.4 is 5.32 Å². The van der Waals surface area contributed by atoms with Crippen LogP contribution in [0.15, 0.2) is 48.5 Å². The summed E-state index contributed by atoms with van der Waals surface area (Å²) < 4.78 is 1.83. The van der Waals surface area contributed by atoms with Gasteiger partial charge in [-0.25, -0.2) is 4.68 Å². The molecule has 3 aromatic rings. The molecule has 0 saturated carbocycles. The second kappa shape index (κ2) is 16.2. The maximum Gasteiger partial charge on any atom is 0.239 e. The third kappa shape index (κ3) is 9.01. The lowest BCUT2D eigenvalue weighted by atomic mass is 9.91. The van der Waals surface area contributed by atoms with E-state index in [2.05, 4.69) is 73.7 Å². The molecule has 0 aliphatic carbocycles. The number of para-hydroxylation sites is 1. The molecule has 6 nitrogen and oxygen atoms in total. The largest absolute Gasteiger partial charge is 0.325 e. The fourth-order valence-corrected chi connectivity index (χ4v) is 5.28. The molecule has 6 heteroatoms. The number of carbonyl (C=O) groups is 1. The van der Waals surface area contributed by atoms with Gasteiger partial charge in [-0.05, 0) is 45.4 Å². The van der Waals surface area contributed by atoms with Crippen molar-refractivity contribution in [2.75, 3.05) is 5.32 Å². The molecule has 3 rings (SSSR count). The SMILES string of the molecule is CCCCCCCCCCCCn1nnnc1C(C(=O)Nc1c(C(C)C)cccc1C(C)C)c1ccccc1. The van der Waals surface area contributed by atoms with Gasteiger partial charge in [0.05, 0.1) is 0 Å². The molecule has 0 fully saturated rings. The number of anilines is 1. The summed E-state index contributed by atoms with van der Waals surface area (Å²) in [6.07, 6.45) is 12.8.